The van der Waals surface area contributed by atoms with E-state index in [-0.39, 0.29) is 12.0 Å². The molecule has 0 saturated heterocycles. The van der Waals surface area contributed by atoms with E-state index in [1.165, 1.54) is 0 Å². The first-order chi connectivity index (χ1) is 9.99. The zero-order chi connectivity index (χ0) is 15.4. The Hall–Kier alpha value is -1.95. The number of carboxylic acids is 1. The molecule has 0 radical (unpaired) electrons. The van der Waals surface area contributed by atoms with Gasteiger partial charge in [0.25, 0.3) is 5.56 Å². The molecule has 0 aliphatic carbocycles. The molecular formula is C15H15BrN2O3. The molecule has 0 saturated carbocycles. The fourth-order valence-electron chi connectivity index (χ4n) is 2.14. The van der Waals surface area contributed by atoms with Gasteiger partial charge in [-0.2, -0.15) is 0 Å². The molecule has 1 N–H and O–H groups in total. The number of para-hydroxylation sites is 1. The minimum atomic E-state index is -0.852. The zero-order valence-corrected chi connectivity index (χ0v) is 13.0. The van der Waals surface area contributed by atoms with Crippen molar-refractivity contribution in [1.29, 1.82) is 0 Å². The molecule has 5 nitrogen and oxygen atoms in total. The van der Waals surface area contributed by atoms with Crippen LogP contribution in [0.25, 0.3) is 10.9 Å². The highest BCUT2D eigenvalue weighted by Crippen LogP contribution is 2.12. The second kappa shape index (κ2) is 6.67. The van der Waals surface area contributed by atoms with Crippen molar-refractivity contribution >= 4 is 32.8 Å². The Morgan fingerprint density at radius 1 is 1.38 bits per heavy atom. The van der Waals surface area contributed by atoms with E-state index in [0.29, 0.717) is 40.6 Å². The summed E-state index contributed by atoms with van der Waals surface area (Å²) >= 11 is 3.26. The number of benzene rings is 1. The van der Waals surface area contributed by atoms with Gasteiger partial charge in [-0.05, 0) is 18.6 Å². The monoisotopic (exact) mass is 350 g/mol. The maximum Gasteiger partial charge on any atom is 0.303 e. The van der Waals surface area contributed by atoms with Crippen LogP contribution in [0.5, 0.6) is 0 Å². The van der Waals surface area contributed by atoms with Gasteiger partial charge in [0.1, 0.15) is 5.82 Å². The van der Waals surface area contributed by atoms with Crippen molar-refractivity contribution < 1.29 is 9.90 Å². The minimum absolute atomic E-state index is 0.0535. The van der Waals surface area contributed by atoms with Gasteiger partial charge in [-0.1, -0.05) is 34.6 Å². The number of aryl methyl sites for hydroxylation is 1. The van der Waals surface area contributed by atoms with Gasteiger partial charge >= 0.3 is 5.97 Å². The number of hydrogen-bond acceptors (Lipinski definition) is 3. The Balaban J connectivity index is 2.47. The highest BCUT2D eigenvalue weighted by molar-refractivity contribution is 9.11. The van der Waals surface area contributed by atoms with Crippen LogP contribution in [0.3, 0.4) is 0 Å². The SMILES string of the molecule is C=C(Br)Cn1c(CCCC(=O)O)nc2ccccc2c1=O. The normalized spacial score (nSPS) is 10.7. The van der Waals surface area contributed by atoms with Gasteiger partial charge in [0, 0.05) is 17.3 Å². The molecule has 0 fully saturated rings. The van der Waals surface area contributed by atoms with Crippen LogP contribution in [0.2, 0.25) is 0 Å². The zero-order valence-electron chi connectivity index (χ0n) is 11.4. The number of allylic oxidation sites excluding steroid dienone is 1. The fourth-order valence-corrected chi connectivity index (χ4v) is 2.39. The van der Waals surface area contributed by atoms with E-state index in [1.54, 1.807) is 22.8 Å². The van der Waals surface area contributed by atoms with Gasteiger partial charge in [0.05, 0.1) is 17.4 Å². The third kappa shape index (κ3) is 3.78. The molecule has 1 aromatic heterocycles. The molecule has 0 bridgehead atoms. The van der Waals surface area contributed by atoms with Gasteiger partial charge in [-0.3, -0.25) is 14.2 Å². The lowest BCUT2D eigenvalue weighted by Crippen LogP contribution is -2.25. The number of fused-ring (bicyclic) bond motifs is 1. The van der Waals surface area contributed by atoms with Crippen molar-refractivity contribution in [3.63, 3.8) is 0 Å². The summed E-state index contributed by atoms with van der Waals surface area (Å²) in [6.07, 6.45) is 0.930. The standard InChI is InChI=1S/C15H15BrN2O3/c1-10(16)9-18-13(7-4-8-14(19)20)17-12-6-3-2-5-11(12)15(18)21/h2-3,5-6H,1,4,7-9H2,(H,19,20). The van der Waals surface area contributed by atoms with Crippen molar-refractivity contribution in [3.8, 4) is 0 Å². The van der Waals surface area contributed by atoms with Crippen molar-refractivity contribution in [2.24, 2.45) is 0 Å². The van der Waals surface area contributed by atoms with E-state index in [0.717, 1.165) is 0 Å². The number of carboxylic acid groups (broad SMARTS) is 1. The highest BCUT2D eigenvalue weighted by Gasteiger charge is 2.11. The average molecular weight is 351 g/mol. The van der Waals surface area contributed by atoms with Gasteiger partial charge in [-0.25, -0.2) is 4.98 Å². The number of rotatable bonds is 6. The minimum Gasteiger partial charge on any atom is -0.481 e. The lowest BCUT2D eigenvalue weighted by Gasteiger charge is -2.12. The summed E-state index contributed by atoms with van der Waals surface area (Å²) in [6.45, 7) is 4.07. The average Bonchev–Trinajstić information content (AvgIpc) is 2.42. The Labute approximate surface area is 130 Å². The van der Waals surface area contributed by atoms with Crippen LogP contribution in [0, 0.1) is 0 Å². The van der Waals surface area contributed by atoms with Crippen molar-refractivity contribution in [2.45, 2.75) is 25.8 Å². The number of nitrogens with zero attached hydrogens (tertiary/aromatic N) is 2. The quantitative estimate of drug-likeness (QED) is 0.869. The second-order valence-corrected chi connectivity index (χ2v) is 5.82. The number of carbonyl (C=O) groups is 1. The van der Waals surface area contributed by atoms with E-state index in [4.69, 9.17) is 5.11 Å². The van der Waals surface area contributed by atoms with E-state index >= 15 is 0 Å². The Morgan fingerprint density at radius 2 is 2.10 bits per heavy atom. The largest absolute Gasteiger partial charge is 0.481 e. The summed E-state index contributed by atoms with van der Waals surface area (Å²) < 4.78 is 2.21. The van der Waals surface area contributed by atoms with E-state index in [1.807, 2.05) is 6.07 Å². The number of aromatic nitrogens is 2. The van der Waals surface area contributed by atoms with Crippen LogP contribution in [-0.2, 0) is 17.8 Å². The third-order valence-electron chi connectivity index (χ3n) is 3.06. The number of aliphatic carboxylic acids is 1. The predicted octanol–water partition coefficient (Wildman–Crippen LogP) is 2.71. The first-order valence-electron chi connectivity index (χ1n) is 6.52. The molecule has 2 aromatic rings. The summed E-state index contributed by atoms with van der Waals surface area (Å²) in [5.41, 5.74) is 0.496. The van der Waals surface area contributed by atoms with E-state index < -0.39 is 5.97 Å². The molecule has 110 valence electrons. The summed E-state index contributed by atoms with van der Waals surface area (Å²) in [5, 5.41) is 9.27. The fraction of sp³-hybridized carbons (Fsp3) is 0.267. The van der Waals surface area contributed by atoms with Crippen molar-refractivity contribution in [1.82, 2.24) is 9.55 Å². The van der Waals surface area contributed by atoms with Gasteiger partial charge in [0.15, 0.2) is 0 Å². The molecule has 1 aromatic carbocycles. The molecule has 0 aliphatic heterocycles. The molecule has 0 spiro atoms. The van der Waals surface area contributed by atoms with Gasteiger partial charge < -0.3 is 5.11 Å². The molecule has 0 amide bonds. The van der Waals surface area contributed by atoms with Crippen LogP contribution in [0.4, 0.5) is 0 Å². The summed E-state index contributed by atoms with van der Waals surface area (Å²) in [7, 11) is 0. The molecule has 0 atom stereocenters. The Kier molecular flexibility index (Phi) is 4.90. The lowest BCUT2D eigenvalue weighted by molar-refractivity contribution is -0.137. The Bertz CT molecular complexity index is 752. The van der Waals surface area contributed by atoms with Crippen molar-refractivity contribution in [3.05, 3.63) is 51.5 Å². The summed E-state index contributed by atoms with van der Waals surface area (Å²) in [6, 6.07) is 7.14. The molecule has 6 heteroatoms. The third-order valence-corrected chi connectivity index (χ3v) is 3.31. The first-order valence-corrected chi connectivity index (χ1v) is 7.32. The molecule has 0 aliphatic rings. The van der Waals surface area contributed by atoms with Crippen LogP contribution in [0.1, 0.15) is 18.7 Å². The number of halogens is 1. The Morgan fingerprint density at radius 3 is 2.76 bits per heavy atom. The van der Waals surface area contributed by atoms with Crippen molar-refractivity contribution in [2.75, 3.05) is 0 Å². The van der Waals surface area contributed by atoms with Gasteiger partial charge in [0.2, 0.25) is 0 Å². The maximum atomic E-state index is 12.5. The smallest absolute Gasteiger partial charge is 0.303 e. The molecule has 21 heavy (non-hydrogen) atoms. The summed E-state index contributed by atoms with van der Waals surface area (Å²) in [4.78, 5) is 27.6. The molecule has 2 rings (SSSR count). The van der Waals surface area contributed by atoms with Crippen LogP contribution in [0.15, 0.2) is 40.1 Å². The molecular weight excluding hydrogens is 336 g/mol. The maximum absolute atomic E-state index is 12.5. The highest BCUT2D eigenvalue weighted by atomic mass is 79.9. The van der Waals surface area contributed by atoms with E-state index in [9.17, 15) is 9.59 Å². The van der Waals surface area contributed by atoms with E-state index in [2.05, 4.69) is 27.5 Å². The number of hydrogen-bond donors (Lipinski definition) is 1. The lowest BCUT2D eigenvalue weighted by atomic mass is 10.2. The molecule has 0 unspecified atom stereocenters. The first kappa shape index (κ1) is 15.4. The summed E-state index contributed by atoms with van der Waals surface area (Å²) in [5.74, 6) is -0.268. The van der Waals surface area contributed by atoms with Gasteiger partial charge in [-0.15, -0.1) is 0 Å². The predicted molar refractivity (Wildman–Crippen MR) is 84.6 cm³/mol. The topological polar surface area (TPSA) is 72.2 Å². The van der Waals surface area contributed by atoms with Crippen LogP contribution in [-0.4, -0.2) is 20.6 Å². The molecule has 1 heterocycles. The second-order valence-electron chi connectivity index (χ2n) is 4.70. The van der Waals surface area contributed by atoms with Crippen LogP contribution >= 0.6 is 15.9 Å². The van der Waals surface area contributed by atoms with Crippen LogP contribution < -0.4 is 5.56 Å².